The molecule has 7 heteroatoms. The van der Waals surface area contributed by atoms with Gasteiger partial charge in [0, 0.05) is 46.9 Å². The Labute approximate surface area is 216 Å². The van der Waals surface area contributed by atoms with Crippen LogP contribution in [0.2, 0.25) is 0 Å². The largest absolute Gasteiger partial charge is 0.347 e. The normalized spacial score (nSPS) is 16.8. The third-order valence-electron chi connectivity index (χ3n) is 7.30. The molecule has 2 aromatic heterocycles. The van der Waals surface area contributed by atoms with Crippen LogP contribution in [0.15, 0.2) is 47.4 Å². The lowest BCUT2D eigenvalue weighted by Gasteiger charge is -2.31. The smallest absolute Gasteiger partial charge is 0.270 e. The van der Waals surface area contributed by atoms with E-state index < -0.39 is 0 Å². The van der Waals surface area contributed by atoms with Crippen molar-refractivity contribution < 1.29 is 4.79 Å². The van der Waals surface area contributed by atoms with Crippen LogP contribution in [0.25, 0.3) is 0 Å². The van der Waals surface area contributed by atoms with Gasteiger partial charge in [0.2, 0.25) is 0 Å². The summed E-state index contributed by atoms with van der Waals surface area (Å²) < 4.78 is 0. The molecular weight excluding hydrogens is 466 g/mol. The number of nitrogens with one attached hydrogen (secondary N) is 1. The van der Waals surface area contributed by atoms with Gasteiger partial charge in [-0.05, 0) is 86.7 Å². The highest BCUT2D eigenvalue weighted by molar-refractivity contribution is 7.98. The highest BCUT2D eigenvalue weighted by atomic mass is 32.2. The van der Waals surface area contributed by atoms with Gasteiger partial charge >= 0.3 is 0 Å². The van der Waals surface area contributed by atoms with Gasteiger partial charge in [0.15, 0.2) is 0 Å². The first kappa shape index (κ1) is 23.1. The molecule has 1 aliphatic heterocycles. The lowest BCUT2D eigenvalue weighted by molar-refractivity contribution is 0.0945. The highest BCUT2D eigenvalue weighted by Crippen LogP contribution is 2.45. The van der Waals surface area contributed by atoms with Gasteiger partial charge in [0.25, 0.3) is 5.91 Å². The van der Waals surface area contributed by atoms with E-state index in [1.54, 1.807) is 11.8 Å². The third-order valence-corrected chi connectivity index (χ3v) is 8.02. The molecule has 0 atom stereocenters. The maximum Gasteiger partial charge on any atom is 0.270 e. The summed E-state index contributed by atoms with van der Waals surface area (Å²) in [7, 11) is 0. The van der Waals surface area contributed by atoms with E-state index in [2.05, 4.69) is 28.4 Å². The van der Waals surface area contributed by atoms with Gasteiger partial charge in [-0.3, -0.25) is 9.78 Å². The molecule has 1 amide bonds. The van der Waals surface area contributed by atoms with E-state index in [4.69, 9.17) is 9.97 Å². The molecule has 6 rings (SSSR count). The molecular formula is C29H29N5OS. The average molecular weight is 496 g/mol. The number of carbonyl (C=O) groups excluding carboxylic acids is 1. The summed E-state index contributed by atoms with van der Waals surface area (Å²) >= 11 is 1.59. The van der Waals surface area contributed by atoms with Crippen LogP contribution in [0.1, 0.15) is 82.6 Å². The Hall–Kier alpha value is -3.37. The molecule has 2 fully saturated rings. The van der Waals surface area contributed by atoms with Crippen molar-refractivity contribution in [3.05, 3.63) is 76.4 Å². The number of hydrogen-bond donors (Lipinski definition) is 1. The SMILES string of the molecule is CSc1ccc(CNC(=O)c2ccc3c(n2)CCCN3c2cc(C3CC3)nc(C3CC3)c2)c(C#N)c1. The Bertz CT molecular complexity index is 1340. The lowest BCUT2D eigenvalue weighted by atomic mass is 10.0. The summed E-state index contributed by atoms with van der Waals surface area (Å²) in [5, 5.41) is 12.4. The van der Waals surface area contributed by atoms with Crippen LogP contribution in [-0.2, 0) is 13.0 Å². The third kappa shape index (κ3) is 4.70. The van der Waals surface area contributed by atoms with E-state index in [9.17, 15) is 10.1 Å². The zero-order chi connectivity index (χ0) is 24.6. The molecule has 3 aliphatic rings. The van der Waals surface area contributed by atoms with E-state index in [-0.39, 0.29) is 5.91 Å². The van der Waals surface area contributed by atoms with Gasteiger partial charge in [-0.25, -0.2) is 4.98 Å². The molecule has 0 bridgehead atoms. The maximum atomic E-state index is 12.9. The van der Waals surface area contributed by atoms with Crippen molar-refractivity contribution in [3.8, 4) is 6.07 Å². The number of rotatable bonds is 7. The second-order valence-electron chi connectivity index (χ2n) is 9.96. The Morgan fingerprint density at radius 1 is 1.08 bits per heavy atom. The number of aryl methyl sites for hydroxylation is 1. The lowest BCUT2D eigenvalue weighted by Crippen LogP contribution is -2.28. The molecule has 0 radical (unpaired) electrons. The summed E-state index contributed by atoms with van der Waals surface area (Å²) in [6, 6.07) is 16.4. The molecule has 0 saturated heterocycles. The molecule has 2 aliphatic carbocycles. The van der Waals surface area contributed by atoms with Crippen molar-refractivity contribution in [2.24, 2.45) is 0 Å². The van der Waals surface area contributed by atoms with Crippen molar-refractivity contribution in [3.63, 3.8) is 0 Å². The molecule has 2 saturated carbocycles. The van der Waals surface area contributed by atoms with E-state index in [1.807, 2.05) is 36.6 Å². The van der Waals surface area contributed by atoms with Crippen LogP contribution >= 0.6 is 11.8 Å². The number of fused-ring (bicyclic) bond motifs is 1. The topological polar surface area (TPSA) is 81.9 Å². The molecule has 36 heavy (non-hydrogen) atoms. The molecule has 1 aromatic carbocycles. The number of nitriles is 1. The predicted molar refractivity (Wildman–Crippen MR) is 142 cm³/mol. The van der Waals surface area contributed by atoms with Crippen molar-refractivity contribution in [1.82, 2.24) is 15.3 Å². The summed E-state index contributed by atoms with van der Waals surface area (Å²) in [6.45, 7) is 1.24. The summed E-state index contributed by atoms with van der Waals surface area (Å²) in [4.78, 5) is 26.1. The van der Waals surface area contributed by atoms with E-state index >= 15 is 0 Å². The Balaban J connectivity index is 1.22. The standard InChI is InChI=1S/C29H29N5OS/c1-36-23-9-8-20(21(13-23)16-30)17-31-29(35)25-10-11-28-24(32-25)3-2-12-34(28)22-14-26(18-4-5-18)33-27(15-22)19-6-7-19/h8-11,13-15,18-19H,2-7,12,17H2,1H3,(H,31,35). The fraction of sp³-hybridized carbons (Fsp3) is 0.379. The molecule has 182 valence electrons. The van der Waals surface area contributed by atoms with E-state index in [1.165, 1.54) is 42.8 Å². The molecule has 1 N–H and O–H groups in total. The Morgan fingerprint density at radius 3 is 2.50 bits per heavy atom. The van der Waals surface area contributed by atoms with Gasteiger partial charge in [0.05, 0.1) is 23.0 Å². The number of thioether (sulfide) groups is 1. The van der Waals surface area contributed by atoms with Crippen LogP contribution in [-0.4, -0.2) is 28.7 Å². The number of nitrogens with zero attached hydrogens (tertiary/aromatic N) is 4. The van der Waals surface area contributed by atoms with E-state index in [0.29, 0.717) is 29.6 Å². The van der Waals surface area contributed by atoms with Crippen LogP contribution < -0.4 is 10.2 Å². The van der Waals surface area contributed by atoms with Crippen LogP contribution in [0.3, 0.4) is 0 Å². The van der Waals surface area contributed by atoms with Gasteiger partial charge < -0.3 is 10.2 Å². The fourth-order valence-electron chi connectivity index (χ4n) is 4.94. The second-order valence-corrected chi connectivity index (χ2v) is 10.8. The molecule has 0 unspecified atom stereocenters. The number of benzene rings is 1. The van der Waals surface area contributed by atoms with Crippen molar-refractivity contribution in [2.75, 3.05) is 17.7 Å². The van der Waals surface area contributed by atoms with Gasteiger partial charge in [-0.15, -0.1) is 11.8 Å². The zero-order valence-corrected chi connectivity index (χ0v) is 21.3. The van der Waals surface area contributed by atoms with Crippen LogP contribution in [0.5, 0.6) is 0 Å². The molecule has 3 aromatic rings. The molecule has 6 nitrogen and oxygen atoms in total. The number of amides is 1. The first-order chi connectivity index (χ1) is 17.6. The first-order valence-corrected chi connectivity index (χ1v) is 14.0. The average Bonchev–Trinajstić information content (AvgIpc) is 3.84. The summed E-state index contributed by atoms with van der Waals surface area (Å²) in [6.07, 6.45) is 8.82. The fourth-order valence-corrected chi connectivity index (χ4v) is 5.38. The Kier molecular flexibility index (Phi) is 6.14. The van der Waals surface area contributed by atoms with Crippen molar-refractivity contribution >= 4 is 29.0 Å². The minimum atomic E-state index is -0.219. The molecule has 0 spiro atoms. The number of aromatic nitrogens is 2. The van der Waals surface area contributed by atoms with E-state index in [0.717, 1.165) is 41.2 Å². The minimum Gasteiger partial charge on any atom is -0.347 e. The highest BCUT2D eigenvalue weighted by Gasteiger charge is 2.31. The minimum absolute atomic E-state index is 0.219. The van der Waals surface area contributed by atoms with Crippen LogP contribution in [0.4, 0.5) is 11.4 Å². The monoisotopic (exact) mass is 495 g/mol. The van der Waals surface area contributed by atoms with Gasteiger partial charge in [0.1, 0.15) is 5.69 Å². The summed E-state index contributed by atoms with van der Waals surface area (Å²) in [5.41, 5.74) is 7.57. The van der Waals surface area contributed by atoms with Gasteiger partial charge in [-0.2, -0.15) is 5.26 Å². The van der Waals surface area contributed by atoms with Crippen molar-refractivity contribution in [1.29, 1.82) is 5.26 Å². The van der Waals surface area contributed by atoms with Gasteiger partial charge in [-0.1, -0.05) is 6.07 Å². The first-order valence-electron chi connectivity index (χ1n) is 12.8. The molecule has 3 heterocycles. The predicted octanol–water partition coefficient (Wildman–Crippen LogP) is 5.84. The second kappa shape index (κ2) is 9.59. The van der Waals surface area contributed by atoms with Crippen LogP contribution in [0, 0.1) is 11.3 Å². The number of anilines is 2. The zero-order valence-electron chi connectivity index (χ0n) is 20.5. The maximum absolute atomic E-state index is 12.9. The summed E-state index contributed by atoms with van der Waals surface area (Å²) in [5.74, 6) is 1.02. The number of carbonyl (C=O) groups is 1. The Morgan fingerprint density at radius 2 is 1.83 bits per heavy atom. The quantitative estimate of drug-likeness (QED) is 0.415. The number of hydrogen-bond acceptors (Lipinski definition) is 6. The number of pyridine rings is 2. The van der Waals surface area contributed by atoms with Crippen molar-refractivity contribution in [2.45, 2.75) is 61.8 Å².